The van der Waals surface area contributed by atoms with Gasteiger partial charge in [-0.25, -0.2) is 4.98 Å². The SMILES string of the molecule is CC(NCC(O)c1cc(Cl)c2c(c1)OCCO2)c1nccs1. The lowest BCUT2D eigenvalue weighted by molar-refractivity contribution is 0.161. The highest BCUT2D eigenvalue weighted by atomic mass is 35.5. The molecule has 0 radical (unpaired) electrons. The highest BCUT2D eigenvalue weighted by Crippen LogP contribution is 2.39. The summed E-state index contributed by atoms with van der Waals surface area (Å²) in [6, 6.07) is 3.58. The number of ether oxygens (including phenoxy) is 2. The zero-order valence-electron chi connectivity index (χ0n) is 12.1. The van der Waals surface area contributed by atoms with Crippen LogP contribution in [0.15, 0.2) is 23.7 Å². The summed E-state index contributed by atoms with van der Waals surface area (Å²) in [7, 11) is 0. The van der Waals surface area contributed by atoms with Crippen LogP contribution < -0.4 is 14.8 Å². The molecule has 1 aliphatic heterocycles. The molecule has 5 nitrogen and oxygen atoms in total. The Morgan fingerprint density at radius 3 is 3.00 bits per heavy atom. The number of halogens is 1. The number of nitrogens with one attached hydrogen (secondary N) is 1. The second-order valence-electron chi connectivity index (χ2n) is 5.04. The molecule has 0 bridgehead atoms. The van der Waals surface area contributed by atoms with Crippen LogP contribution in [-0.4, -0.2) is 29.8 Å². The average molecular weight is 341 g/mol. The predicted molar refractivity (Wildman–Crippen MR) is 85.9 cm³/mol. The normalized spacial score (nSPS) is 16.3. The van der Waals surface area contributed by atoms with Crippen LogP contribution >= 0.6 is 22.9 Å². The first-order valence-corrected chi connectivity index (χ1v) is 8.31. The first kappa shape index (κ1) is 15.6. The fraction of sp³-hybridized carbons (Fsp3) is 0.400. The van der Waals surface area contributed by atoms with Gasteiger partial charge in [-0.05, 0) is 24.6 Å². The first-order chi connectivity index (χ1) is 10.6. The lowest BCUT2D eigenvalue weighted by atomic mass is 10.1. The molecular weight excluding hydrogens is 324 g/mol. The molecule has 1 aliphatic rings. The summed E-state index contributed by atoms with van der Waals surface area (Å²) in [5.41, 5.74) is 0.702. The lowest BCUT2D eigenvalue weighted by Crippen LogP contribution is -2.25. The van der Waals surface area contributed by atoms with E-state index in [-0.39, 0.29) is 6.04 Å². The van der Waals surface area contributed by atoms with Crippen molar-refractivity contribution in [3.8, 4) is 11.5 Å². The minimum Gasteiger partial charge on any atom is -0.486 e. The van der Waals surface area contributed by atoms with Gasteiger partial charge in [-0.3, -0.25) is 0 Å². The van der Waals surface area contributed by atoms with Crippen molar-refractivity contribution in [2.24, 2.45) is 0 Å². The third kappa shape index (κ3) is 3.35. The van der Waals surface area contributed by atoms with E-state index in [1.807, 2.05) is 12.3 Å². The third-order valence-corrected chi connectivity index (χ3v) is 4.68. The van der Waals surface area contributed by atoms with E-state index in [0.717, 1.165) is 5.01 Å². The van der Waals surface area contributed by atoms with Gasteiger partial charge < -0.3 is 19.9 Å². The van der Waals surface area contributed by atoms with Gasteiger partial charge in [-0.15, -0.1) is 11.3 Å². The number of aliphatic hydroxyl groups is 1. The zero-order valence-corrected chi connectivity index (χ0v) is 13.7. The van der Waals surface area contributed by atoms with E-state index >= 15 is 0 Å². The van der Waals surface area contributed by atoms with Gasteiger partial charge in [0.1, 0.15) is 18.2 Å². The molecule has 0 saturated carbocycles. The molecular formula is C15H17ClN2O3S. The van der Waals surface area contributed by atoms with Gasteiger partial charge in [-0.1, -0.05) is 11.6 Å². The quantitative estimate of drug-likeness (QED) is 0.876. The molecule has 0 aliphatic carbocycles. The zero-order chi connectivity index (χ0) is 15.5. The standard InChI is InChI=1S/C15H17ClN2O3S/c1-9(15-17-2-5-22-15)18-8-12(19)10-6-11(16)14-13(7-10)20-3-4-21-14/h2,5-7,9,12,18-19H,3-4,8H2,1H3. The van der Waals surface area contributed by atoms with Crippen molar-refractivity contribution < 1.29 is 14.6 Å². The summed E-state index contributed by atoms with van der Waals surface area (Å²) in [4.78, 5) is 4.26. The number of nitrogens with zero attached hydrogens (tertiary/aromatic N) is 1. The largest absolute Gasteiger partial charge is 0.486 e. The van der Waals surface area contributed by atoms with Crippen molar-refractivity contribution in [3.05, 3.63) is 39.3 Å². The van der Waals surface area contributed by atoms with E-state index in [4.69, 9.17) is 21.1 Å². The number of thiazole rings is 1. The van der Waals surface area contributed by atoms with Crippen molar-refractivity contribution in [2.45, 2.75) is 19.1 Å². The maximum Gasteiger partial charge on any atom is 0.179 e. The molecule has 0 fully saturated rings. The van der Waals surface area contributed by atoms with Crippen LogP contribution in [-0.2, 0) is 0 Å². The molecule has 2 heterocycles. The summed E-state index contributed by atoms with van der Waals surface area (Å²) in [5, 5.41) is 17.0. The average Bonchev–Trinajstić information content (AvgIpc) is 3.06. The number of hydrogen-bond acceptors (Lipinski definition) is 6. The van der Waals surface area contributed by atoms with Gasteiger partial charge >= 0.3 is 0 Å². The Labute approximate surface area is 137 Å². The van der Waals surface area contributed by atoms with Gasteiger partial charge in [-0.2, -0.15) is 0 Å². The second kappa shape index (κ2) is 6.83. The Bertz CT molecular complexity index is 636. The first-order valence-electron chi connectivity index (χ1n) is 7.05. The maximum absolute atomic E-state index is 10.4. The van der Waals surface area contributed by atoms with Crippen LogP contribution in [0.5, 0.6) is 11.5 Å². The van der Waals surface area contributed by atoms with Crippen molar-refractivity contribution in [3.63, 3.8) is 0 Å². The summed E-state index contributed by atoms with van der Waals surface area (Å²) in [6.45, 7) is 3.39. The van der Waals surface area contributed by atoms with E-state index in [9.17, 15) is 5.11 Å². The molecule has 0 amide bonds. The number of fused-ring (bicyclic) bond motifs is 1. The molecule has 118 valence electrons. The number of benzene rings is 1. The fourth-order valence-corrected chi connectivity index (χ4v) is 3.21. The van der Waals surface area contributed by atoms with Crippen LogP contribution in [0.4, 0.5) is 0 Å². The van der Waals surface area contributed by atoms with E-state index in [2.05, 4.69) is 10.3 Å². The van der Waals surface area contributed by atoms with Gasteiger partial charge in [0.25, 0.3) is 0 Å². The Kier molecular flexibility index (Phi) is 4.83. The summed E-state index contributed by atoms with van der Waals surface area (Å²) < 4.78 is 11.0. The highest BCUT2D eigenvalue weighted by molar-refractivity contribution is 7.09. The van der Waals surface area contributed by atoms with Crippen LogP contribution in [0.2, 0.25) is 5.02 Å². The number of aromatic nitrogens is 1. The molecule has 2 unspecified atom stereocenters. The summed E-state index contributed by atoms with van der Waals surface area (Å²) in [5.74, 6) is 1.13. The third-order valence-electron chi connectivity index (χ3n) is 3.44. The number of hydrogen-bond donors (Lipinski definition) is 2. The minimum atomic E-state index is -0.685. The molecule has 2 atom stereocenters. The molecule has 22 heavy (non-hydrogen) atoms. The van der Waals surface area contributed by atoms with Gasteiger partial charge in [0.15, 0.2) is 11.5 Å². The van der Waals surface area contributed by atoms with E-state index in [1.54, 1.807) is 29.7 Å². The second-order valence-corrected chi connectivity index (χ2v) is 6.38. The van der Waals surface area contributed by atoms with Crippen molar-refractivity contribution in [2.75, 3.05) is 19.8 Å². The monoisotopic (exact) mass is 340 g/mol. The topological polar surface area (TPSA) is 63.6 Å². The molecule has 7 heteroatoms. The van der Waals surface area contributed by atoms with Gasteiger partial charge in [0, 0.05) is 18.1 Å². The lowest BCUT2D eigenvalue weighted by Gasteiger charge is -2.22. The molecule has 1 aromatic heterocycles. The Balaban J connectivity index is 1.67. The Hall–Kier alpha value is -1.34. The van der Waals surface area contributed by atoms with Crippen molar-refractivity contribution in [1.29, 1.82) is 0 Å². The smallest absolute Gasteiger partial charge is 0.179 e. The molecule has 2 aromatic rings. The minimum absolute atomic E-state index is 0.0855. The van der Waals surface area contributed by atoms with E-state index in [1.165, 1.54) is 0 Å². The summed E-state index contributed by atoms with van der Waals surface area (Å²) >= 11 is 7.78. The number of rotatable bonds is 5. The highest BCUT2D eigenvalue weighted by Gasteiger charge is 2.20. The van der Waals surface area contributed by atoms with E-state index in [0.29, 0.717) is 41.8 Å². The van der Waals surface area contributed by atoms with Crippen molar-refractivity contribution in [1.82, 2.24) is 10.3 Å². The van der Waals surface area contributed by atoms with Gasteiger partial charge in [0.2, 0.25) is 0 Å². The van der Waals surface area contributed by atoms with Crippen LogP contribution in [0.1, 0.15) is 29.6 Å². The Morgan fingerprint density at radius 1 is 1.41 bits per heavy atom. The van der Waals surface area contributed by atoms with Crippen molar-refractivity contribution >= 4 is 22.9 Å². The molecule has 3 rings (SSSR count). The van der Waals surface area contributed by atoms with Crippen LogP contribution in [0, 0.1) is 0 Å². The molecule has 0 spiro atoms. The Morgan fingerprint density at radius 2 is 2.23 bits per heavy atom. The maximum atomic E-state index is 10.4. The predicted octanol–water partition coefficient (Wildman–Crippen LogP) is 2.95. The number of aliphatic hydroxyl groups excluding tert-OH is 1. The van der Waals surface area contributed by atoms with E-state index < -0.39 is 6.10 Å². The molecule has 1 aromatic carbocycles. The summed E-state index contributed by atoms with van der Waals surface area (Å²) in [6.07, 6.45) is 1.09. The van der Waals surface area contributed by atoms with Gasteiger partial charge in [0.05, 0.1) is 17.2 Å². The van der Waals surface area contributed by atoms with Crippen LogP contribution in [0.3, 0.4) is 0 Å². The van der Waals surface area contributed by atoms with Crippen LogP contribution in [0.25, 0.3) is 0 Å². The molecule has 2 N–H and O–H groups in total. The fourth-order valence-electron chi connectivity index (χ4n) is 2.27. The molecule has 0 saturated heterocycles.